The smallest absolute Gasteiger partial charge is 0.191 e. The van der Waals surface area contributed by atoms with Crippen LogP contribution in [0.1, 0.15) is 52.9 Å². The minimum Gasteiger partial charge on any atom is -0.382 e. The molecule has 0 radical (unpaired) electrons. The van der Waals surface area contributed by atoms with Gasteiger partial charge in [-0.05, 0) is 38.5 Å². The fraction of sp³-hybridized carbons (Fsp3) is 0.944. The van der Waals surface area contributed by atoms with Crippen LogP contribution < -0.4 is 10.6 Å². The Kier molecular flexibility index (Phi) is 7.15. The van der Waals surface area contributed by atoms with Crippen LogP contribution >= 0.6 is 0 Å². The van der Waals surface area contributed by atoms with Gasteiger partial charge in [0.1, 0.15) is 0 Å². The van der Waals surface area contributed by atoms with Crippen molar-refractivity contribution in [3.05, 3.63) is 0 Å². The van der Waals surface area contributed by atoms with Crippen LogP contribution in [0.15, 0.2) is 4.99 Å². The summed E-state index contributed by atoms with van der Waals surface area (Å²) in [4.78, 5) is 4.78. The minimum absolute atomic E-state index is 0.225. The van der Waals surface area contributed by atoms with E-state index < -0.39 is 0 Å². The van der Waals surface area contributed by atoms with Crippen molar-refractivity contribution in [2.24, 2.45) is 15.8 Å². The van der Waals surface area contributed by atoms with Gasteiger partial charge in [0.15, 0.2) is 5.96 Å². The average molecular weight is 325 g/mol. The van der Waals surface area contributed by atoms with Crippen molar-refractivity contribution in [1.82, 2.24) is 10.6 Å². The Morgan fingerprint density at radius 3 is 2.48 bits per heavy atom. The summed E-state index contributed by atoms with van der Waals surface area (Å²) < 4.78 is 10.9. The van der Waals surface area contributed by atoms with Gasteiger partial charge < -0.3 is 20.1 Å². The van der Waals surface area contributed by atoms with Gasteiger partial charge in [-0.15, -0.1) is 0 Å². The number of hydrogen-bond donors (Lipinski definition) is 2. The predicted molar refractivity (Wildman–Crippen MR) is 94.9 cm³/mol. The van der Waals surface area contributed by atoms with Crippen molar-refractivity contribution in [1.29, 1.82) is 0 Å². The second kappa shape index (κ2) is 8.88. The van der Waals surface area contributed by atoms with Gasteiger partial charge >= 0.3 is 0 Å². The molecule has 5 nitrogen and oxygen atoms in total. The molecule has 0 spiro atoms. The maximum Gasteiger partial charge on any atom is 0.191 e. The molecule has 1 saturated carbocycles. The van der Waals surface area contributed by atoms with Crippen LogP contribution in [-0.2, 0) is 9.47 Å². The van der Waals surface area contributed by atoms with Crippen LogP contribution in [0, 0.1) is 10.8 Å². The van der Waals surface area contributed by atoms with Crippen molar-refractivity contribution in [3.8, 4) is 0 Å². The highest BCUT2D eigenvalue weighted by Crippen LogP contribution is 2.40. The lowest BCUT2D eigenvalue weighted by atomic mass is 9.83. The van der Waals surface area contributed by atoms with Crippen LogP contribution in [0.5, 0.6) is 0 Å². The molecular formula is C18H35N3O2. The topological polar surface area (TPSA) is 54.9 Å². The highest BCUT2D eigenvalue weighted by Gasteiger charge is 2.35. The van der Waals surface area contributed by atoms with E-state index in [1.54, 1.807) is 0 Å². The van der Waals surface area contributed by atoms with Gasteiger partial charge in [-0.2, -0.15) is 0 Å². The number of guanidine groups is 1. The molecule has 1 aliphatic heterocycles. The lowest BCUT2D eigenvalue weighted by Crippen LogP contribution is -2.46. The second-order valence-electron chi connectivity index (χ2n) is 7.51. The second-order valence-corrected chi connectivity index (χ2v) is 7.51. The zero-order valence-corrected chi connectivity index (χ0v) is 15.2. The monoisotopic (exact) mass is 325 g/mol. The largest absolute Gasteiger partial charge is 0.382 e. The molecule has 2 fully saturated rings. The predicted octanol–water partition coefficient (Wildman–Crippen LogP) is 2.57. The highest BCUT2D eigenvalue weighted by atomic mass is 16.5. The fourth-order valence-corrected chi connectivity index (χ4v) is 3.50. The molecule has 0 aromatic carbocycles. The summed E-state index contributed by atoms with van der Waals surface area (Å²) >= 11 is 0. The maximum atomic E-state index is 5.60. The van der Waals surface area contributed by atoms with Crippen LogP contribution in [0.25, 0.3) is 0 Å². The Labute approximate surface area is 141 Å². The van der Waals surface area contributed by atoms with Crippen LogP contribution in [0.2, 0.25) is 0 Å². The van der Waals surface area contributed by atoms with Gasteiger partial charge in [0.25, 0.3) is 0 Å². The van der Waals surface area contributed by atoms with E-state index in [9.17, 15) is 0 Å². The number of nitrogens with one attached hydrogen (secondary N) is 2. The first-order chi connectivity index (χ1) is 11.1. The number of nitrogens with zero attached hydrogens (tertiary/aromatic N) is 1. The van der Waals surface area contributed by atoms with Crippen molar-refractivity contribution >= 4 is 5.96 Å². The van der Waals surface area contributed by atoms with E-state index >= 15 is 0 Å². The summed E-state index contributed by atoms with van der Waals surface area (Å²) in [6, 6.07) is 0. The van der Waals surface area contributed by atoms with E-state index in [1.165, 1.54) is 25.7 Å². The molecule has 2 rings (SSSR count). The number of ether oxygens (including phenoxy) is 2. The molecule has 5 heteroatoms. The molecule has 0 atom stereocenters. The Morgan fingerprint density at radius 1 is 1.17 bits per heavy atom. The van der Waals surface area contributed by atoms with Gasteiger partial charge in [0.2, 0.25) is 0 Å². The molecule has 23 heavy (non-hydrogen) atoms. The Morgan fingerprint density at radius 2 is 1.91 bits per heavy atom. The Balaban J connectivity index is 1.86. The number of hydrogen-bond acceptors (Lipinski definition) is 3. The zero-order valence-electron chi connectivity index (χ0n) is 15.2. The van der Waals surface area contributed by atoms with Gasteiger partial charge in [-0.3, -0.25) is 4.99 Å². The SMILES string of the molecule is CCNC(=NCC1(C)COC1)NCC1(CCOCC)CCCC1. The molecule has 2 aliphatic rings. The lowest BCUT2D eigenvalue weighted by Gasteiger charge is -2.37. The molecule has 0 unspecified atom stereocenters. The molecule has 0 amide bonds. The molecule has 1 aliphatic carbocycles. The maximum absolute atomic E-state index is 5.60. The average Bonchev–Trinajstić information content (AvgIpc) is 2.98. The van der Waals surface area contributed by atoms with Crippen LogP contribution in [0.3, 0.4) is 0 Å². The van der Waals surface area contributed by atoms with Gasteiger partial charge in [0, 0.05) is 31.7 Å². The van der Waals surface area contributed by atoms with Crippen molar-refractivity contribution in [2.45, 2.75) is 52.9 Å². The number of rotatable bonds is 9. The molecule has 0 aromatic rings. The van der Waals surface area contributed by atoms with E-state index in [4.69, 9.17) is 14.5 Å². The van der Waals surface area contributed by atoms with Crippen LogP contribution in [-0.4, -0.2) is 52.0 Å². The Hall–Kier alpha value is -0.810. The summed E-state index contributed by atoms with van der Waals surface area (Å²) in [6.45, 7) is 12.5. The van der Waals surface area contributed by atoms with E-state index in [0.717, 1.165) is 58.4 Å². The molecule has 0 bridgehead atoms. The molecule has 134 valence electrons. The normalized spacial score (nSPS) is 22.7. The Bertz CT molecular complexity index is 374. The fourth-order valence-electron chi connectivity index (χ4n) is 3.50. The van der Waals surface area contributed by atoms with Crippen LogP contribution in [0.4, 0.5) is 0 Å². The number of aliphatic imine (C=N–C) groups is 1. The minimum atomic E-state index is 0.225. The van der Waals surface area contributed by atoms with E-state index in [0.29, 0.717) is 5.41 Å². The summed E-state index contributed by atoms with van der Waals surface area (Å²) in [7, 11) is 0. The summed E-state index contributed by atoms with van der Waals surface area (Å²) in [5, 5.41) is 6.97. The third-order valence-corrected chi connectivity index (χ3v) is 5.14. The quantitative estimate of drug-likeness (QED) is 0.389. The highest BCUT2D eigenvalue weighted by molar-refractivity contribution is 5.79. The first-order valence-electron chi connectivity index (χ1n) is 9.29. The van der Waals surface area contributed by atoms with Crippen molar-refractivity contribution in [3.63, 3.8) is 0 Å². The van der Waals surface area contributed by atoms with Gasteiger partial charge in [-0.1, -0.05) is 19.8 Å². The standard InChI is InChI=1S/C18H35N3O2/c1-4-19-16(20-12-17(3)14-23-15-17)21-13-18(8-6-7-9-18)10-11-22-5-2/h4-15H2,1-3H3,(H2,19,20,21). The van der Waals surface area contributed by atoms with Crippen molar-refractivity contribution in [2.75, 3.05) is 46.1 Å². The lowest BCUT2D eigenvalue weighted by molar-refractivity contribution is -0.0945. The third kappa shape index (κ3) is 5.64. The van der Waals surface area contributed by atoms with Crippen molar-refractivity contribution < 1.29 is 9.47 Å². The molecule has 1 saturated heterocycles. The van der Waals surface area contributed by atoms with Gasteiger partial charge in [-0.25, -0.2) is 0 Å². The third-order valence-electron chi connectivity index (χ3n) is 5.14. The molecule has 0 aromatic heterocycles. The summed E-state index contributed by atoms with van der Waals surface area (Å²) in [5.41, 5.74) is 0.608. The van der Waals surface area contributed by atoms with E-state index in [1.807, 2.05) is 0 Å². The zero-order chi connectivity index (χ0) is 16.6. The molecular weight excluding hydrogens is 290 g/mol. The first kappa shape index (κ1) is 18.5. The van der Waals surface area contributed by atoms with Gasteiger partial charge in [0.05, 0.1) is 19.8 Å². The summed E-state index contributed by atoms with van der Waals surface area (Å²) in [6.07, 6.45) is 6.45. The molecule has 2 N–H and O–H groups in total. The molecule has 1 heterocycles. The summed E-state index contributed by atoms with van der Waals surface area (Å²) in [5.74, 6) is 0.948. The van der Waals surface area contributed by atoms with E-state index in [-0.39, 0.29) is 5.41 Å². The van der Waals surface area contributed by atoms with E-state index in [2.05, 4.69) is 31.4 Å². The first-order valence-corrected chi connectivity index (χ1v) is 9.29.